The molecule has 2 fully saturated rings. The van der Waals surface area contributed by atoms with Gasteiger partial charge >= 0.3 is 12.1 Å². The second-order valence-corrected chi connectivity index (χ2v) is 8.30. The second-order valence-electron chi connectivity index (χ2n) is 8.30. The molecule has 1 aliphatic heterocycles. The first-order valence-electron chi connectivity index (χ1n) is 12.0. The minimum absolute atomic E-state index is 0.0198. The molecule has 3 rings (SSSR count). The zero-order valence-electron chi connectivity index (χ0n) is 20.0. The number of carboxylic acid groups (broad SMARTS) is 1. The molecule has 10 heteroatoms. The number of nitrogens with one attached hydrogen (secondary N) is 3. The Hall–Kier alpha value is -3.14. The minimum Gasteiger partial charge on any atom is -0.480 e. The Morgan fingerprint density at radius 1 is 1.15 bits per heavy atom. The molecule has 6 N–H and O–H groups in total. The third-order valence-corrected chi connectivity index (χ3v) is 6.05. The maximum atomic E-state index is 12.7. The molecule has 1 saturated carbocycles. The summed E-state index contributed by atoms with van der Waals surface area (Å²) < 4.78 is 5.62. The van der Waals surface area contributed by atoms with Crippen molar-refractivity contribution in [2.75, 3.05) is 13.1 Å². The molecule has 1 aromatic rings. The zero-order valence-corrected chi connectivity index (χ0v) is 20.0. The van der Waals surface area contributed by atoms with Crippen molar-refractivity contribution >= 4 is 23.8 Å². The van der Waals surface area contributed by atoms with Crippen molar-refractivity contribution in [3.8, 4) is 0 Å². The molecule has 10 nitrogen and oxygen atoms in total. The van der Waals surface area contributed by atoms with Gasteiger partial charge in [0.2, 0.25) is 5.91 Å². The van der Waals surface area contributed by atoms with E-state index >= 15 is 0 Å². The van der Waals surface area contributed by atoms with Crippen LogP contribution in [-0.2, 0) is 20.9 Å². The van der Waals surface area contributed by atoms with E-state index in [4.69, 9.17) is 21.0 Å². The van der Waals surface area contributed by atoms with Crippen LogP contribution in [0.25, 0.3) is 0 Å². The van der Waals surface area contributed by atoms with Gasteiger partial charge < -0.3 is 20.9 Å². The molecule has 0 radical (unpaired) electrons. The van der Waals surface area contributed by atoms with E-state index < -0.39 is 24.3 Å². The molecule has 1 aromatic carbocycles. The summed E-state index contributed by atoms with van der Waals surface area (Å²) in [5.74, 6) is -1.23. The normalized spacial score (nSPS) is 18.5. The molecule has 1 saturated heterocycles. The summed E-state index contributed by atoms with van der Waals surface area (Å²) in [5.41, 5.74) is 6.90. The number of carbonyl (C=O) groups is 3. The van der Waals surface area contributed by atoms with Gasteiger partial charge in [0, 0.05) is 24.6 Å². The summed E-state index contributed by atoms with van der Waals surface area (Å²) in [5, 5.41) is 22.1. The number of likely N-dealkylation sites (tertiary alicyclic amines) is 1. The van der Waals surface area contributed by atoms with E-state index in [2.05, 4.69) is 10.6 Å². The lowest BCUT2D eigenvalue weighted by Gasteiger charge is -2.40. The first kappa shape index (κ1) is 27.1. The maximum Gasteiger partial charge on any atom is 0.412 e. The van der Waals surface area contributed by atoms with Crippen LogP contribution in [0.3, 0.4) is 0 Å². The lowest BCUT2D eigenvalue weighted by Crippen LogP contribution is -2.59. The highest BCUT2D eigenvalue weighted by atomic mass is 16.6. The van der Waals surface area contributed by atoms with Crippen LogP contribution in [0.15, 0.2) is 24.3 Å². The van der Waals surface area contributed by atoms with Crippen molar-refractivity contribution in [3.63, 3.8) is 0 Å². The van der Waals surface area contributed by atoms with Crippen LogP contribution in [0.1, 0.15) is 63.5 Å². The standard InChI is InChI=1S/C22H31N5O5.C2H6/c23-19(24)15-8-6-14(7-9-15)12-25-20(30)17-10-11-27(17)22(31)32-21(26-13-18(28)29)16-4-2-1-3-5-16;1-2/h6-9,16-17,21,26H,1-5,10-13H2,(H3,23,24)(H,25,30)(H,28,29);1-2H3. The van der Waals surface area contributed by atoms with E-state index in [9.17, 15) is 14.4 Å². The van der Waals surface area contributed by atoms with Crippen molar-refractivity contribution in [2.24, 2.45) is 11.7 Å². The molecule has 1 heterocycles. The minimum atomic E-state index is -1.01. The molecule has 0 spiro atoms. The van der Waals surface area contributed by atoms with E-state index in [1.807, 2.05) is 13.8 Å². The summed E-state index contributed by atoms with van der Waals surface area (Å²) in [6.07, 6.45) is 4.18. The molecule has 1 aliphatic carbocycles. The number of nitrogens with zero attached hydrogens (tertiary/aromatic N) is 1. The van der Waals surface area contributed by atoms with Gasteiger partial charge in [-0.25, -0.2) is 4.79 Å². The van der Waals surface area contributed by atoms with Crippen molar-refractivity contribution in [1.82, 2.24) is 15.5 Å². The average Bonchev–Trinajstić information content (AvgIpc) is 2.81. The molecule has 2 unspecified atom stereocenters. The molecule has 0 bridgehead atoms. The quantitative estimate of drug-likeness (QED) is 0.208. The molecule has 0 aromatic heterocycles. The highest BCUT2D eigenvalue weighted by Gasteiger charge is 2.40. The van der Waals surface area contributed by atoms with E-state index in [0.29, 0.717) is 25.1 Å². The van der Waals surface area contributed by atoms with E-state index in [0.717, 1.165) is 37.7 Å². The van der Waals surface area contributed by atoms with Crippen LogP contribution in [0.2, 0.25) is 0 Å². The zero-order chi connectivity index (χ0) is 25.1. The topological polar surface area (TPSA) is 158 Å². The average molecular weight is 476 g/mol. The van der Waals surface area contributed by atoms with Gasteiger partial charge in [-0.2, -0.15) is 0 Å². The summed E-state index contributed by atoms with van der Waals surface area (Å²) in [4.78, 5) is 37.7. The number of hydrogen-bond donors (Lipinski definition) is 5. The first-order valence-corrected chi connectivity index (χ1v) is 12.0. The second kappa shape index (κ2) is 13.5. The summed E-state index contributed by atoms with van der Waals surface area (Å²) in [7, 11) is 0. The smallest absolute Gasteiger partial charge is 0.412 e. The number of nitrogens with two attached hydrogens (primary N) is 1. The van der Waals surface area contributed by atoms with Gasteiger partial charge in [0.15, 0.2) is 6.23 Å². The Morgan fingerprint density at radius 3 is 2.32 bits per heavy atom. The number of amidine groups is 1. The lowest BCUT2D eigenvalue weighted by molar-refractivity contribution is -0.137. The fourth-order valence-corrected chi connectivity index (χ4v) is 4.09. The van der Waals surface area contributed by atoms with Crippen molar-refractivity contribution in [3.05, 3.63) is 35.4 Å². The summed E-state index contributed by atoms with van der Waals surface area (Å²) in [6.45, 7) is 4.42. The van der Waals surface area contributed by atoms with Crippen molar-refractivity contribution in [1.29, 1.82) is 5.41 Å². The summed E-state index contributed by atoms with van der Waals surface area (Å²) in [6, 6.07) is 6.39. The van der Waals surface area contributed by atoms with Gasteiger partial charge in [-0.1, -0.05) is 57.4 Å². The third kappa shape index (κ3) is 7.72. The number of ether oxygens (including phenoxy) is 1. The molecule has 34 heavy (non-hydrogen) atoms. The molecule has 2 amide bonds. The Bertz CT molecular complexity index is 839. The predicted molar refractivity (Wildman–Crippen MR) is 128 cm³/mol. The number of carboxylic acids is 1. The van der Waals surface area contributed by atoms with Crippen molar-refractivity contribution in [2.45, 2.75) is 71.2 Å². The number of benzene rings is 1. The highest BCUT2D eigenvalue weighted by Crippen LogP contribution is 2.28. The Kier molecular flexibility index (Phi) is 10.8. The Labute approximate surface area is 200 Å². The van der Waals surface area contributed by atoms with Crippen LogP contribution >= 0.6 is 0 Å². The third-order valence-electron chi connectivity index (χ3n) is 6.05. The van der Waals surface area contributed by atoms with Crippen LogP contribution in [0, 0.1) is 11.3 Å². The number of hydrogen-bond acceptors (Lipinski definition) is 6. The Balaban J connectivity index is 0.00000199. The molecule has 2 aliphatic rings. The van der Waals surface area contributed by atoms with Crippen LogP contribution in [0.5, 0.6) is 0 Å². The van der Waals surface area contributed by atoms with Gasteiger partial charge in [0.1, 0.15) is 11.9 Å². The van der Waals surface area contributed by atoms with Crippen LogP contribution in [-0.4, -0.2) is 59.2 Å². The molecular formula is C24H37N5O5. The van der Waals surface area contributed by atoms with Crippen LogP contribution < -0.4 is 16.4 Å². The number of rotatable bonds is 9. The van der Waals surface area contributed by atoms with Gasteiger partial charge in [0.25, 0.3) is 0 Å². The fraction of sp³-hybridized carbons (Fsp3) is 0.583. The largest absolute Gasteiger partial charge is 0.480 e. The molecular weight excluding hydrogens is 438 g/mol. The molecule has 2 atom stereocenters. The van der Waals surface area contributed by atoms with E-state index in [1.54, 1.807) is 24.3 Å². The number of carbonyl (C=O) groups excluding carboxylic acids is 2. The monoisotopic (exact) mass is 475 g/mol. The van der Waals surface area contributed by atoms with Gasteiger partial charge in [-0.3, -0.25) is 25.2 Å². The maximum absolute atomic E-state index is 12.7. The fourth-order valence-electron chi connectivity index (χ4n) is 4.09. The number of amides is 2. The van der Waals surface area contributed by atoms with Crippen molar-refractivity contribution < 1.29 is 24.2 Å². The van der Waals surface area contributed by atoms with Gasteiger partial charge in [-0.05, 0) is 24.8 Å². The lowest BCUT2D eigenvalue weighted by atomic mass is 9.88. The van der Waals surface area contributed by atoms with Crippen LogP contribution in [0.4, 0.5) is 4.79 Å². The number of nitrogen functional groups attached to an aromatic ring is 1. The number of aliphatic carboxylic acids is 1. The SMILES string of the molecule is CC.N=C(N)c1ccc(CNC(=O)C2CCN2C(=O)OC(NCC(=O)O)C2CCCCC2)cc1. The summed E-state index contributed by atoms with van der Waals surface area (Å²) >= 11 is 0. The first-order chi connectivity index (χ1) is 16.3. The van der Waals surface area contributed by atoms with E-state index in [-0.39, 0.29) is 24.2 Å². The van der Waals surface area contributed by atoms with E-state index in [1.165, 1.54) is 4.90 Å². The predicted octanol–water partition coefficient (Wildman–Crippen LogP) is 2.40. The molecule has 188 valence electrons. The highest BCUT2D eigenvalue weighted by molar-refractivity contribution is 5.94. The van der Waals surface area contributed by atoms with Gasteiger partial charge in [0.05, 0.1) is 6.54 Å². The Morgan fingerprint density at radius 2 is 1.79 bits per heavy atom. The van der Waals surface area contributed by atoms with Gasteiger partial charge in [-0.15, -0.1) is 0 Å².